The number of nitrogens with one attached hydrogen (secondary N) is 2. The number of aromatic amines is 1. The van der Waals surface area contributed by atoms with E-state index < -0.39 is 0 Å². The van der Waals surface area contributed by atoms with Crippen molar-refractivity contribution in [2.75, 3.05) is 11.9 Å². The number of carbonyl (C=O) groups is 1. The molecule has 1 aliphatic heterocycles. The second-order valence-corrected chi connectivity index (χ2v) is 6.59. The molecule has 1 atom stereocenters. The van der Waals surface area contributed by atoms with Crippen LogP contribution in [-0.4, -0.2) is 42.3 Å². The summed E-state index contributed by atoms with van der Waals surface area (Å²) in [6.07, 6.45) is 7.71. The van der Waals surface area contributed by atoms with Crippen molar-refractivity contribution < 1.29 is 4.79 Å². The molecule has 8 heteroatoms. The van der Waals surface area contributed by atoms with Crippen molar-refractivity contribution in [1.82, 2.24) is 29.8 Å². The number of nitrogens with zero attached hydrogens (tertiary/aromatic N) is 5. The molecular formula is C19H21N7O. The predicted molar refractivity (Wildman–Crippen MR) is 101 cm³/mol. The highest BCUT2D eigenvalue weighted by atomic mass is 16.2. The topological polar surface area (TPSA) is 99.7 Å². The van der Waals surface area contributed by atoms with Crippen LogP contribution >= 0.6 is 0 Å². The monoisotopic (exact) mass is 363 g/mol. The van der Waals surface area contributed by atoms with Gasteiger partial charge in [0.25, 0.3) is 0 Å². The quantitative estimate of drug-likeness (QED) is 0.738. The van der Waals surface area contributed by atoms with Crippen molar-refractivity contribution in [3.05, 3.63) is 54.0 Å². The molecule has 0 spiro atoms. The summed E-state index contributed by atoms with van der Waals surface area (Å²) < 4.78 is 0. The average molecular weight is 363 g/mol. The zero-order valence-electron chi connectivity index (χ0n) is 15.3. The molecule has 1 unspecified atom stereocenters. The molecule has 2 N–H and O–H groups in total. The molecule has 4 heterocycles. The lowest BCUT2D eigenvalue weighted by atomic mass is 10.0. The summed E-state index contributed by atoms with van der Waals surface area (Å²) in [6, 6.07) is 3.75. The minimum atomic E-state index is -0.0356. The van der Waals surface area contributed by atoms with Crippen LogP contribution in [-0.2, 0) is 17.8 Å². The van der Waals surface area contributed by atoms with Crippen LogP contribution in [0.4, 0.5) is 5.82 Å². The van der Waals surface area contributed by atoms with E-state index in [0.29, 0.717) is 18.9 Å². The molecule has 0 fully saturated rings. The molecule has 0 saturated heterocycles. The highest BCUT2D eigenvalue weighted by molar-refractivity contribution is 5.74. The zero-order valence-corrected chi connectivity index (χ0v) is 15.3. The lowest BCUT2D eigenvalue weighted by Gasteiger charge is -2.29. The molecule has 0 saturated carbocycles. The molecule has 8 nitrogen and oxygen atoms in total. The summed E-state index contributed by atoms with van der Waals surface area (Å²) in [5.74, 6) is 2.28. The summed E-state index contributed by atoms with van der Waals surface area (Å²) in [5, 5.41) is 3.46. The number of amides is 1. The van der Waals surface area contributed by atoms with Gasteiger partial charge in [-0.3, -0.25) is 9.78 Å². The Morgan fingerprint density at radius 2 is 2.22 bits per heavy atom. The van der Waals surface area contributed by atoms with Crippen LogP contribution in [0.1, 0.15) is 37.0 Å². The molecule has 27 heavy (non-hydrogen) atoms. The Hall–Kier alpha value is -3.29. The van der Waals surface area contributed by atoms with Crippen LogP contribution < -0.4 is 5.32 Å². The first-order chi connectivity index (χ1) is 13.1. The van der Waals surface area contributed by atoms with E-state index in [1.807, 2.05) is 24.0 Å². The summed E-state index contributed by atoms with van der Waals surface area (Å²) >= 11 is 0. The molecule has 0 bridgehead atoms. The van der Waals surface area contributed by atoms with Gasteiger partial charge < -0.3 is 15.2 Å². The maximum absolute atomic E-state index is 11.8. The minimum Gasteiger partial charge on any atom is -0.360 e. The second-order valence-electron chi connectivity index (χ2n) is 6.59. The van der Waals surface area contributed by atoms with Gasteiger partial charge in [0.2, 0.25) is 5.91 Å². The molecule has 138 valence electrons. The summed E-state index contributed by atoms with van der Waals surface area (Å²) in [6.45, 7) is 4.78. The summed E-state index contributed by atoms with van der Waals surface area (Å²) in [4.78, 5) is 34.7. The Morgan fingerprint density at radius 3 is 2.93 bits per heavy atom. The Balaban J connectivity index is 1.74. The Bertz CT molecular complexity index is 940. The van der Waals surface area contributed by atoms with Crippen LogP contribution in [0.15, 0.2) is 36.9 Å². The van der Waals surface area contributed by atoms with Crippen LogP contribution in [0.5, 0.6) is 0 Å². The van der Waals surface area contributed by atoms with Crippen LogP contribution in [0.2, 0.25) is 0 Å². The van der Waals surface area contributed by atoms with Crippen molar-refractivity contribution in [2.24, 2.45) is 0 Å². The first-order valence-corrected chi connectivity index (χ1v) is 8.93. The van der Waals surface area contributed by atoms with E-state index in [0.717, 1.165) is 34.9 Å². The van der Waals surface area contributed by atoms with E-state index in [1.54, 1.807) is 31.7 Å². The van der Waals surface area contributed by atoms with Crippen LogP contribution in [0.3, 0.4) is 0 Å². The van der Waals surface area contributed by atoms with Gasteiger partial charge in [-0.2, -0.15) is 0 Å². The molecule has 0 aromatic carbocycles. The minimum absolute atomic E-state index is 0.0356. The average Bonchev–Trinajstić information content (AvgIpc) is 3.23. The number of rotatable bonds is 4. The van der Waals surface area contributed by atoms with E-state index in [1.165, 1.54) is 0 Å². The van der Waals surface area contributed by atoms with E-state index in [4.69, 9.17) is 9.97 Å². The van der Waals surface area contributed by atoms with Gasteiger partial charge in [-0.25, -0.2) is 15.0 Å². The SMILES string of the molecule is CC(=O)N1CCc2c(nc(-c3cccnc3)nc2NC(C)c2ncc[nH]2)C1. The van der Waals surface area contributed by atoms with Gasteiger partial charge in [-0.05, 0) is 25.5 Å². The number of aromatic nitrogens is 5. The first-order valence-electron chi connectivity index (χ1n) is 8.93. The van der Waals surface area contributed by atoms with Crippen molar-refractivity contribution in [3.63, 3.8) is 0 Å². The lowest BCUT2D eigenvalue weighted by Crippen LogP contribution is -2.35. The van der Waals surface area contributed by atoms with Crippen molar-refractivity contribution >= 4 is 11.7 Å². The van der Waals surface area contributed by atoms with Crippen molar-refractivity contribution in [1.29, 1.82) is 0 Å². The third-order valence-corrected chi connectivity index (χ3v) is 4.71. The largest absolute Gasteiger partial charge is 0.360 e. The van der Waals surface area contributed by atoms with Gasteiger partial charge in [-0.1, -0.05) is 0 Å². The van der Waals surface area contributed by atoms with Gasteiger partial charge in [0.15, 0.2) is 5.82 Å². The number of pyridine rings is 1. The fourth-order valence-corrected chi connectivity index (χ4v) is 3.23. The third-order valence-electron chi connectivity index (χ3n) is 4.71. The van der Waals surface area contributed by atoms with Gasteiger partial charge in [-0.15, -0.1) is 0 Å². The lowest BCUT2D eigenvalue weighted by molar-refractivity contribution is -0.129. The standard InChI is InChI=1S/C19H21N7O/c1-12(17-21-7-8-22-17)23-19-15-5-9-26(13(2)27)11-16(15)24-18(25-19)14-4-3-6-20-10-14/h3-4,6-8,10,12H,5,9,11H2,1-2H3,(H,21,22)(H,23,24,25). The van der Waals surface area contributed by atoms with Gasteiger partial charge in [0.1, 0.15) is 11.6 Å². The van der Waals surface area contributed by atoms with Gasteiger partial charge in [0, 0.05) is 49.4 Å². The number of hydrogen-bond donors (Lipinski definition) is 2. The molecule has 3 aromatic rings. The maximum atomic E-state index is 11.8. The first kappa shape index (κ1) is 17.1. The smallest absolute Gasteiger partial charge is 0.219 e. The van der Waals surface area contributed by atoms with E-state index in [9.17, 15) is 4.79 Å². The van der Waals surface area contributed by atoms with E-state index >= 15 is 0 Å². The molecule has 1 aliphatic rings. The molecular weight excluding hydrogens is 342 g/mol. The van der Waals surface area contributed by atoms with Crippen molar-refractivity contribution in [2.45, 2.75) is 32.9 Å². The van der Waals surface area contributed by atoms with Crippen LogP contribution in [0, 0.1) is 0 Å². The number of fused-ring (bicyclic) bond motifs is 1. The van der Waals surface area contributed by atoms with E-state index in [2.05, 4.69) is 20.3 Å². The zero-order chi connectivity index (χ0) is 18.8. The highest BCUT2D eigenvalue weighted by Crippen LogP contribution is 2.29. The Morgan fingerprint density at radius 1 is 1.33 bits per heavy atom. The fourth-order valence-electron chi connectivity index (χ4n) is 3.23. The maximum Gasteiger partial charge on any atom is 0.219 e. The Labute approximate surface area is 157 Å². The van der Waals surface area contributed by atoms with Gasteiger partial charge in [0.05, 0.1) is 18.3 Å². The number of carbonyl (C=O) groups excluding carboxylic acids is 1. The molecule has 0 aliphatic carbocycles. The highest BCUT2D eigenvalue weighted by Gasteiger charge is 2.25. The molecule has 0 radical (unpaired) electrons. The number of anilines is 1. The normalized spacial score (nSPS) is 14.5. The Kier molecular flexibility index (Phi) is 4.53. The number of hydrogen-bond acceptors (Lipinski definition) is 6. The predicted octanol–water partition coefficient (Wildman–Crippen LogP) is 2.34. The molecule has 4 rings (SSSR count). The van der Waals surface area contributed by atoms with Crippen LogP contribution in [0.25, 0.3) is 11.4 Å². The third kappa shape index (κ3) is 3.51. The summed E-state index contributed by atoms with van der Waals surface area (Å²) in [5.41, 5.74) is 2.77. The molecule has 1 amide bonds. The second kappa shape index (κ2) is 7.14. The van der Waals surface area contributed by atoms with Crippen molar-refractivity contribution in [3.8, 4) is 11.4 Å². The van der Waals surface area contributed by atoms with Gasteiger partial charge >= 0.3 is 0 Å². The number of H-pyrrole nitrogens is 1. The summed E-state index contributed by atoms with van der Waals surface area (Å²) in [7, 11) is 0. The fraction of sp³-hybridized carbons (Fsp3) is 0.316. The van der Waals surface area contributed by atoms with E-state index in [-0.39, 0.29) is 11.9 Å². The molecule has 3 aromatic heterocycles. The number of imidazole rings is 1.